The number of hydrogen-bond acceptors (Lipinski definition) is 3. The first kappa shape index (κ1) is 14.4. The molecule has 1 heterocycles. The van der Waals surface area contributed by atoms with Gasteiger partial charge in [-0.1, -0.05) is 19.1 Å². The molecular formula is C17H24N2O2. The molecule has 1 aliphatic carbocycles. The van der Waals surface area contributed by atoms with E-state index in [9.17, 15) is 4.79 Å². The van der Waals surface area contributed by atoms with Crippen molar-refractivity contribution < 1.29 is 9.53 Å². The van der Waals surface area contributed by atoms with Gasteiger partial charge in [0.15, 0.2) is 0 Å². The van der Waals surface area contributed by atoms with Gasteiger partial charge in [0.2, 0.25) is 5.91 Å². The van der Waals surface area contributed by atoms with Crippen LogP contribution in [0.25, 0.3) is 0 Å². The van der Waals surface area contributed by atoms with E-state index in [0.29, 0.717) is 19.1 Å². The number of nitrogens with zero attached hydrogens (tertiary/aromatic N) is 1. The maximum atomic E-state index is 12.1. The number of nitrogens with one attached hydrogen (secondary N) is 1. The number of carbonyl (C=O) groups is 1. The number of benzene rings is 1. The van der Waals surface area contributed by atoms with Crippen molar-refractivity contribution in [2.75, 3.05) is 19.7 Å². The highest BCUT2D eigenvalue weighted by molar-refractivity contribution is 5.81. The summed E-state index contributed by atoms with van der Waals surface area (Å²) >= 11 is 0. The summed E-state index contributed by atoms with van der Waals surface area (Å²) in [4.78, 5) is 14.1. The Morgan fingerprint density at radius 1 is 1.33 bits per heavy atom. The van der Waals surface area contributed by atoms with Crippen LogP contribution in [0.15, 0.2) is 24.3 Å². The van der Waals surface area contributed by atoms with Crippen LogP contribution in [0.2, 0.25) is 0 Å². The van der Waals surface area contributed by atoms with Gasteiger partial charge in [0, 0.05) is 6.54 Å². The van der Waals surface area contributed by atoms with Crippen molar-refractivity contribution in [1.82, 2.24) is 10.2 Å². The molecule has 114 valence electrons. The molecule has 0 radical (unpaired) electrons. The van der Waals surface area contributed by atoms with Crippen molar-refractivity contribution in [3.8, 4) is 5.75 Å². The number of carbonyl (C=O) groups excluding carboxylic acids is 1. The minimum atomic E-state index is 0.00868. The van der Waals surface area contributed by atoms with Gasteiger partial charge in [-0.05, 0) is 49.3 Å². The molecule has 0 bridgehead atoms. The standard InChI is InChI=1S/C17H24N2O2/c1-3-21-15-8-6-14(7-9-15)17-18-10-16(20)19(17)11-12(2)13-4-5-13/h6-9,12-13,17-18H,3-5,10-11H2,1-2H3. The fourth-order valence-corrected chi connectivity index (χ4v) is 3.08. The molecule has 1 aliphatic heterocycles. The van der Waals surface area contributed by atoms with Crippen molar-refractivity contribution in [1.29, 1.82) is 0 Å². The summed E-state index contributed by atoms with van der Waals surface area (Å²) in [5.41, 5.74) is 1.13. The van der Waals surface area contributed by atoms with Gasteiger partial charge >= 0.3 is 0 Å². The third-order valence-corrected chi connectivity index (χ3v) is 4.50. The highest BCUT2D eigenvalue weighted by Crippen LogP contribution is 2.38. The minimum absolute atomic E-state index is 0.00868. The summed E-state index contributed by atoms with van der Waals surface area (Å²) in [7, 11) is 0. The Morgan fingerprint density at radius 2 is 2.05 bits per heavy atom. The van der Waals surface area contributed by atoms with Crippen LogP contribution in [0.4, 0.5) is 0 Å². The molecule has 21 heavy (non-hydrogen) atoms. The van der Waals surface area contributed by atoms with Crippen LogP contribution in [0.3, 0.4) is 0 Å². The van der Waals surface area contributed by atoms with Crippen LogP contribution in [0, 0.1) is 11.8 Å². The van der Waals surface area contributed by atoms with Gasteiger partial charge in [-0.3, -0.25) is 10.1 Å². The topological polar surface area (TPSA) is 41.6 Å². The summed E-state index contributed by atoms with van der Waals surface area (Å²) < 4.78 is 5.47. The maximum absolute atomic E-state index is 12.1. The van der Waals surface area contributed by atoms with Crippen LogP contribution in [-0.4, -0.2) is 30.5 Å². The second kappa shape index (κ2) is 6.06. The van der Waals surface area contributed by atoms with Crippen molar-refractivity contribution in [2.24, 2.45) is 11.8 Å². The second-order valence-corrected chi connectivity index (χ2v) is 6.15. The zero-order valence-corrected chi connectivity index (χ0v) is 12.8. The molecule has 1 N–H and O–H groups in total. The molecule has 0 spiro atoms. The lowest BCUT2D eigenvalue weighted by atomic mass is 10.0. The Kier molecular flexibility index (Phi) is 4.15. The zero-order valence-electron chi connectivity index (χ0n) is 12.8. The maximum Gasteiger partial charge on any atom is 0.238 e. The summed E-state index contributed by atoms with van der Waals surface area (Å²) in [6, 6.07) is 8.06. The van der Waals surface area contributed by atoms with Crippen molar-refractivity contribution in [3.05, 3.63) is 29.8 Å². The van der Waals surface area contributed by atoms with Crippen molar-refractivity contribution in [3.63, 3.8) is 0 Å². The number of ether oxygens (including phenoxy) is 1. The smallest absolute Gasteiger partial charge is 0.238 e. The van der Waals surface area contributed by atoms with Crippen molar-refractivity contribution >= 4 is 5.91 Å². The molecule has 2 fully saturated rings. The van der Waals surface area contributed by atoms with E-state index < -0.39 is 0 Å². The summed E-state index contributed by atoms with van der Waals surface area (Å²) in [5.74, 6) is 2.50. The number of hydrogen-bond donors (Lipinski definition) is 1. The molecular weight excluding hydrogens is 264 g/mol. The number of amides is 1. The van der Waals surface area contributed by atoms with Gasteiger partial charge in [0.25, 0.3) is 0 Å². The minimum Gasteiger partial charge on any atom is -0.494 e. The van der Waals surface area contributed by atoms with Crippen LogP contribution >= 0.6 is 0 Å². The Labute approximate surface area is 126 Å². The van der Waals surface area contributed by atoms with Crippen LogP contribution < -0.4 is 10.1 Å². The van der Waals surface area contributed by atoms with Crippen LogP contribution in [-0.2, 0) is 4.79 Å². The lowest BCUT2D eigenvalue weighted by Gasteiger charge is -2.27. The molecule has 2 atom stereocenters. The second-order valence-electron chi connectivity index (χ2n) is 6.15. The zero-order chi connectivity index (χ0) is 14.8. The highest BCUT2D eigenvalue weighted by Gasteiger charge is 2.36. The summed E-state index contributed by atoms with van der Waals surface area (Å²) in [5, 5.41) is 3.32. The van der Waals surface area contributed by atoms with Gasteiger partial charge in [-0.15, -0.1) is 0 Å². The first-order chi connectivity index (χ1) is 10.2. The third kappa shape index (κ3) is 3.21. The van der Waals surface area contributed by atoms with Crippen molar-refractivity contribution in [2.45, 2.75) is 32.9 Å². The molecule has 1 amide bonds. The fourth-order valence-electron chi connectivity index (χ4n) is 3.08. The molecule has 3 rings (SSSR count). The average molecular weight is 288 g/mol. The number of rotatable bonds is 6. The van der Waals surface area contributed by atoms with Gasteiger partial charge in [-0.2, -0.15) is 0 Å². The monoisotopic (exact) mass is 288 g/mol. The van der Waals surface area contributed by atoms with Gasteiger partial charge in [-0.25, -0.2) is 0 Å². The Balaban J connectivity index is 1.71. The molecule has 1 saturated carbocycles. The van der Waals surface area contributed by atoms with Crippen LogP contribution in [0.1, 0.15) is 38.4 Å². The summed E-state index contributed by atoms with van der Waals surface area (Å²) in [6.07, 6.45) is 2.66. The summed E-state index contributed by atoms with van der Waals surface area (Å²) in [6.45, 7) is 6.21. The van der Waals surface area contributed by atoms with E-state index in [2.05, 4.69) is 24.4 Å². The highest BCUT2D eigenvalue weighted by atomic mass is 16.5. The van der Waals surface area contributed by atoms with Gasteiger partial charge < -0.3 is 9.64 Å². The molecule has 1 aromatic rings. The fraction of sp³-hybridized carbons (Fsp3) is 0.588. The average Bonchev–Trinajstić information content (AvgIpc) is 3.27. The quantitative estimate of drug-likeness (QED) is 0.874. The molecule has 1 aromatic carbocycles. The van der Waals surface area contributed by atoms with E-state index >= 15 is 0 Å². The van der Waals surface area contributed by atoms with E-state index in [4.69, 9.17) is 4.74 Å². The SMILES string of the molecule is CCOc1ccc(C2NCC(=O)N2CC(C)C2CC2)cc1. The van der Waals surface area contributed by atoms with E-state index in [1.807, 2.05) is 24.0 Å². The van der Waals surface area contributed by atoms with E-state index in [1.54, 1.807) is 0 Å². The molecule has 2 unspecified atom stereocenters. The van der Waals surface area contributed by atoms with Gasteiger partial charge in [0.1, 0.15) is 11.9 Å². The van der Waals surface area contributed by atoms with E-state index in [-0.39, 0.29) is 12.1 Å². The lowest BCUT2D eigenvalue weighted by molar-refractivity contribution is -0.128. The third-order valence-electron chi connectivity index (χ3n) is 4.50. The van der Waals surface area contributed by atoms with Gasteiger partial charge in [0.05, 0.1) is 13.2 Å². The molecule has 0 aromatic heterocycles. The molecule has 1 saturated heterocycles. The predicted octanol–water partition coefficient (Wildman–Crippen LogP) is 2.56. The van der Waals surface area contributed by atoms with E-state index in [0.717, 1.165) is 23.8 Å². The largest absolute Gasteiger partial charge is 0.494 e. The normalized spacial score (nSPS) is 23.4. The Bertz CT molecular complexity index is 496. The first-order valence-corrected chi connectivity index (χ1v) is 7.94. The molecule has 4 nitrogen and oxygen atoms in total. The van der Waals surface area contributed by atoms with E-state index in [1.165, 1.54) is 12.8 Å². The first-order valence-electron chi connectivity index (χ1n) is 7.94. The Morgan fingerprint density at radius 3 is 2.67 bits per heavy atom. The molecule has 4 heteroatoms. The Hall–Kier alpha value is -1.55. The van der Waals surface area contributed by atoms with Crippen LogP contribution in [0.5, 0.6) is 5.75 Å². The lowest BCUT2D eigenvalue weighted by Crippen LogP contribution is -2.34. The molecule has 2 aliphatic rings. The predicted molar refractivity (Wildman–Crippen MR) is 82.0 cm³/mol.